The number of nitrogens with two attached hydrogens (primary N) is 1. The number of carbonyl (C=O) groups is 1. The van der Waals surface area contributed by atoms with Crippen molar-refractivity contribution in [2.75, 3.05) is 23.7 Å². The summed E-state index contributed by atoms with van der Waals surface area (Å²) < 4.78 is 14.0. The maximum absolute atomic E-state index is 14.0. The Morgan fingerprint density at radius 3 is 2.74 bits per heavy atom. The zero-order valence-electron chi connectivity index (χ0n) is 11.0. The molecule has 0 bridgehead atoms. The lowest BCUT2D eigenvalue weighted by Gasteiger charge is -2.25. The van der Waals surface area contributed by atoms with E-state index >= 15 is 0 Å². The minimum Gasteiger partial charge on any atom is -0.478 e. The Labute approximate surface area is 112 Å². The number of nitrogens with zero attached hydrogens (tertiary/aromatic N) is 1. The third-order valence-electron chi connectivity index (χ3n) is 3.36. The van der Waals surface area contributed by atoms with Crippen LogP contribution in [0.2, 0.25) is 0 Å². The summed E-state index contributed by atoms with van der Waals surface area (Å²) in [6.45, 7) is 3.53. The van der Waals surface area contributed by atoms with Crippen molar-refractivity contribution in [2.24, 2.45) is 5.92 Å². The van der Waals surface area contributed by atoms with Gasteiger partial charge in [0.25, 0.3) is 0 Å². The van der Waals surface area contributed by atoms with E-state index in [1.54, 1.807) is 0 Å². The van der Waals surface area contributed by atoms with E-state index in [-0.39, 0.29) is 11.3 Å². The average Bonchev–Trinajstić information content (AvgIpc) is 3.12. The summed E-state index contributed by atoms with van der Waals surface area (Å²) >= 11 is 0. The summed E-state index contributed by atoms with van der Waals surface area (Å²) in [5.41, 5.74) is 5.82. The number of nitrogen functional groups attached to an aromatic ring is 1. The van der Waals surface area contributed by atoms with Crippen molar-refractivity contribution in [3.8, 4) is 0 Å². The summed E-state index contributed by atoms with van der Waals surface area (Å²) in [6.07, 6.45) is 3.23. The number of hydrogen-bond donors (Lipinski definition) is 2. The Morgan fingerprint density at radius 1 is 1.53 bits per heavy atom. The van der Waals surface area contributed by atoms with Gasteiger partial charge in [0.05, 0.1) is 11.3 Å². The summed E-state index contributed by atoms with van der Waals surface area (Å²) in [7, 11) is 0. The molecule has 1 aromatic rings. The van der Waals surface area contributed by atoms with Gasteiger partial charge in [-0.1, -0.05) is 6.92 Å². The Morgan fingerprint density at radius 2 is 2.21 bits per heavy atom. The molecule has 1 aromatic carbocycles. The molecule has 2 rings (SSSR count). The van der Waals surface area contributed by atoms with Gasteiger partial charge in [-0.15, -0.1) is 0 Å². The highest BCUT2D eigenvalue weighted by Gasteiger charge is 2.26. The number of halogens is 1. The molecule has 0 amide bonds. The maximum atomic E-state index is 14.0. The van der Waals surface area contributed by atoms with Gasteiger partial charge in [-0.3, -0.25) is 0 Å². The topological polar surface area (TPSA) is 66.6 Å². The molecule has 0 heterocycles. The highest BCUT2D eigenvalue weighted by molar-refractivity contribution is 5.95. The lowest BCUT2D eigenvalue weighted by atomic mass is 10.1. The first-order valence-electron chi connectivity index (χ1n) is 6.60. The fourth-order valence-electron chi connectivity index (χ4n) is 2.20. The fourth-order valence-corrected chi connectivity index (χ4v) is 2.20. The van der Waals surface area contributed by atoms with Crippen molar-refractivity contribution in [3.63, 3.8) is 0 Å². The van der Waals surface area contributed by atoms with E-state index in [0.29, 0.717) is 11.6 Å². The number of anilines is 2. The molecule has 3 N–H and O–H groups in total. The molecule has 4 nitrogen and oxygen atoms in total. The van der Waals surface area contributed by atoms with Crippen molar-refractivity contribution in [1.82, 2.24) is 0 Å². The number of benzene rings is 1. The summed E-state index contributed by atoms with van der Waals surface area (Å²) in [5.74, 6) is -0.963. The Bertz CT molecular complexity index is 487. The van der Waals surface area contributed by atoms with Crippen LogP contribution in [-0.4, -0.2) is 24.2 Å². The van der Waals surface area contributed by atoms with Crippen LogP contribution in [0.4, 0.5) is 15.8 Å². The molecule has 0 saturated heterocycles. The van der Waals surface area contributed by atoms with Crippen LogP contribution < -0.4 is 10.6 Å². The van der Waals surface area contributed by atoms with Crippen LogP contribution in [0.5, 0.6) is 0 Å². The van der Waals surface area contributed by atoms with E-state index < -0.39 is 11.8 Å². The smallest absolute Gasteiger partial charge is 0.337 e. The minimum absolute atomic E-state index is 0.0309. The molecule has 1 saturated carbocycles. The molecule has 0 aromatic heterocycles. The van der Waals surface area contributed by atoms with Crippen LogP contribution in [-0.2, 0) is 0 Å². The van der Waals surface area contributed by atoms with Gasteiger partial charge in [-0.25, -0.2) is 9.18 Å². The van der Waals surface area contributed by atoms with Crippen LogP contribution in [0.3, 0.4) is 0 Å². The van der Waals surface area contributed by atoms with Gasteiger partial charge in [0.1, 0.15) is 5.82 Å². The van der Waals surface area contributed by atoms with Crippen molar-refractivity contribution >= 4 is 17.3 Å². The summed E-state index contributed by atoms with van der Waals surface area (Å²) in [4.78, 5) is 13.0. The number of rotatable bonds is 6. The number of carboxylic acids is 1. The van der Waals surface area contributed by atoms with Gasteiger partial charge in [-0.2, -0.15) is 0 Å². The lowest BCUT2D eigenvalue weighted by molar-refractivity contribution is 0.0698. The van der Waals surface area contributed by atoms with Crippen LogP contribution in [0.1, 0.15) is 36.5 Å². The average molecular weight is 266 g/mol. The van der Waals surface area contributed by atoms with Crippen LogP contribution in [0.25, 0.3) is 0 Å². The number of aromatic carboxylic acids is 1. The van der Waals surface area contributed by atoms with Gasteiger partial charge in [-0.05, 0) is 37.3 Å². The number of hydrogen-bond acceptors (Lipinski definition) is 3. The summed E-state index contributed by atoms with van der Waals surface area (Å²) in [5, 5.41) is 9.07. The third-order valence-corrected chi connectivity index (χ3v) is 3.36. The van der Waals surface area contributed by atoms with Crippen molar-refractivity contribution < 1.29 is 14.3 Å². The van der Waals surface area contributed by atoms with Gasteiger partial charge < -0.3 is 15.7 Å². The molecule has 0 atom stereocenters. The van der Waals surface area contributed by atoms with Crippen LogP contribution in [0, 0.1) is 11.7 Å². The van der Waals surface area contributed by atoms with E-state index in [2.05, 4.69) is 0 Å². The molecule has 0 spiro atoms. The Balaban J connectivity index is 2.33. The molecule has 19 heavy (non-hydrogen) atoms. The molecule has 1 fully saturated rings. The predicted octanol–water partition coefficient (Wildman–Crippen LogP) is 2.73. The Kier molecular flexibility index (Phi) is 3.93. The molecule has 0 aliphatic heterocycles. The minimum atomic E-state index is -1.12. The zero-order valence-corrected chi connectivity index (χ0v) is 11.0. The molecule has 0 unspecified atom stereocenters. The zero-order chi connectivity index (χ0) is 14.0. The van der Waals surface area contributed by atoms with E-state index in [9.17, 15) is 9.18 Å². The largest absolute Gasteiger partial charge is 0.478 e. The molecule has 104 valence electrons. The molecular weight excluding hydrogens is 247 g/mol. The van der Waals surface area contributed by atoms with Crippen molar-refractivity contribution in [1.29, 1.82) is 0 Å². The molecule has 0 radical (unpaired) electrons. The van der Waals surface area contributed by atoms with Gasteiger partial charge in [0, 0.05) is 18.8 Å². The predicted molar refractivity (Wildman–Crippen MR) is 73.0 cm³/mol. The van der Waals surface area contributed by atoms with E-state index in [0.717, 1.165) is 25.6 Å². The van der Waals surface area contributed by atoms with Gasteiger partial charge in [0.2, 0.25) is 0 Å². The normalized spacial score (nSPS) is 14.4. The molecular formula is C14H19FN2O2. The maximum Gasteiger partial charge on any atom is 0.337 e. The second kappa shape index (κ2) is 5.47. The van der Waals surface area contributed by atoms with Crippen LogP contribution >= 0.6 is 0 Å². The quantitative estimate of drug-likeness (QED) is 0.777. The second-order valence-corrected chi connectivity index (χ2v) is 5.09. The SMILES string of the molecule is CCCN(CC1CC1)c1cc(C(=O)O)c(N)cc1F. The molecule has 5 heteroatoms. The van der Waals surface area contributed by atoms with Crippen molar-refractivity contribution in [2.45, 2.75) is 26.2 Å². The second-order valence-electron chi connectivity index (χ2n) is 5.09. The highest BCUT2D eigenvalue weighted by Crippen LogP contribution is 2.33. The first-order valence-corrected chi connectivity index (χ1v) is 6.60. The van der Waals surface area contributed by atoms with E-state index in [1.165, 1.54) is 18.9 Å². The molecule has 1 aliphatic rings. The Hall–Kier alpha value is -1.78. The lowest BCUT2D eigenvalue weighted by Crippen LogP contribution is -2.28. The van der Waals surface area contributed by atoms with E-state index in [4.69, 9.17) is 10.8 Å². The first kappa shape index (κ1) is 13.6. The standard InChI is InChI=1S/C14H19FN2O2/c1-2-5-17(8-9-3-4-9)13-6-10(14(18)19)12(16)7-11(13)15/h6-7,9H,2-5,8,16H2,1H3,(H,18,19). The fraction of sp³-hybridized carbons (Fsp3) is 0.500. The van der Waals surface area contributed by atoms with Gasteiger partial charge >= 0.3 is 5.97 Å². The van der Waals surface area contributed by atoms with Crippen molar-refractivity contribution in [3.05, 3.63) is 23.5 Å². The highest BCUT2D eigenvalue weighted by atomic mass is 19.1. The molecule has 1 aliphatic carbocycles. The summed E-state index contributed by atoms with van der Waals surface area (Å²) in [6, 6.07) is 2.46. The van der Waals surface area contributed by atoms with E-state index in [1.807, 2.05) is 11.8 Å². The first-order chi connectivity index (χ1) is 9.02. The monoisotopic (exact) mass is 266 g/mol. The van der Waals surface area contributed by atoms with Gasteiger partial charge in [0.15, 0.2) is 0 Å². The third kappa shape index (κ3) is 3.16. The number of carboxylic acid groups (broad SMARTS) is 1. The van der Waals surface area contributed by atoms with Crippen LogP contribution in [0.15, 0.2) is 12.1 Å².